The van der Waals surface area contributed by atoms with Crippen LogP contribution in [0.3, 0.4) is 0 Å². The number of alkyl halides is 3. The van der Waals surface area contributed by atoms with Gasteiger partial charge >= 0.3 is 6.18 Å². The molecule has 2 heterocycles. The molecule has 2 atom stereocenters. The molecule has 0 unspecified atom stereocenters. The number of benzene rings is 1. The lowest BCUT2D eigenvalue weighted by Gasteiger charge is -2.25. The first-order valence-electron chi connectivity index (χ1n) is 9.98. The van der Waals surface area contributed by atoms with E-state index in [0.29, 0.717) is 24.0 Å². The van der Waals surface area contributed by atoms with Gasteiger partial charge in [-0.25, -0.2) is 4.39 Å². The number of nitrogens with one attached hydrogen (secondary N) is 2. The van der Waals surface area contributed by atoms with Crippen molar-refractivity contribution in [2.45, 2.75) is 38.0 Å². The van der Waals surface area contributed by atoms with E-state index in [1.165, 1.54) is 29.7 Å². The van der Waals surface area contributed by atoms with Crippen molar-refractivity contribution in [2.75, 3.05) is 7.05 Å². The zero-order valence-corrected chi connectivity index (χ0v) is 18.4. The minimum Gasteiger partial charge on any atom is -0.357 e. The molecule has 0 fully saturated rings. The molecule has 0 radical (unpaired) electrons. The van der Waals surface area contributed by atoms with Crippen LogP contribution in [0.4, 0.5) is 17.6 Å². The molecule has 0 aliphatic heterocycles. The summed E-state index contributed by atoms with van der Waals surface area (Å²) in [6.07, 6.45) is -2.39. The normalized spacial score (nSPS) is 13.6. The molecule has 0 aliphatic carbocycles. The summed E-state index contributed by atoms with van der Waals surface area (Å²) in [5.74, 6) is -0.548. The van der Waals surface area contributed by atoms with E-state index in [-0.39, 0.29) is 17.8 Å². The lowest BCUT2D eigenvalue weighted by atomic mass is 9.96. The van der Waals surface area contributed by atoms with Crippen molar-refractivity contribution in [1.29, 1.82) is 0 Å². The second-order valence-electron chi connectivity index (χ2n) is 7.38. The number of carbonyl (C=O) groups excluding carboxylic acids is 1. The van der Waals surface area contributed by atoms with Crippen LogP contribution in [-0.4, -0.2) is 17.9 Å². The second-order valence-corrected chi connectivity index (χ2v) is 8.36. The average molecular weight is 466 g/mol. The maximum atomic E-state index is 13.8. The first-order valence-corrected chi connectivity index (χ1v) is 10.9. The van der Waals surface area contributed by atoms with Gasteiger partial charge < -0.3 is 5.32 Å². The average Bonchev–Trinajstić information content (AvgIpc) is 3.29. The number of hydrogen-bond acceptors (Lipinski definition) is 4. The molecule has 170 valence electrons. The molecule has 0 saturated carbocycles. The Morgan fingerprint density at radius 2 is 1.97 bits per heavy atom. The minimum atomic E-state index is -4.49. The van der Waals surface area contributed by atoms with Gasteiger partial charge in [0.2, 0.25) is 5.91 Å². The Labute approximate surface area is 187 Å². The van der Waals surface area contributed by atoms with Gasteiger partial charge in [0.15, 0.2) is 0 Å². The van der Waals surface area contributed by atoms with Crippen LogP contribution in [0.5, 0.6) is 0 Å². The Kier molecular flexibility index (Phi) is 7.63. The highest BCUT2D eigenvalue weighted by molar-refractivity contribution is 7.10. The Morgan fingerprint density at radius 3 is 2.53 bits per heavy atom. The number of rotatable bonds is 8. The molecule has 1 aromatic carbocycles. The third-order valence-electron chi connectivity index (χ3n) is 5.13. The number of pyridine rings is 1. The van der Waals surface area contributed by atoms with Gasteiger partial charge in [-0.05, 0) is 60.0 Å². The lowest BCUT2D eigenvalue weighted by molar-refractivity contribution is -0.141. The number of thiophene rings is 1. The predicted molar refractivity (Wildman–Crippen MR) is 116 cm³/mol. The van der Waals surface area contributed by atoms with Gasteiger partial charge in [0.1, 0.15) is 17.6 Å². The van der Waals surface area contributed by atoms with Crippen molar-refractivity contribution in [1.82, 2.24) is 15.6 Å². The number of aryl methyl sites for hydroxylation is 2. The molecule has 2 aromatic heterocycles. The molecule has 0 spiro atoms. The van der Waals surface area contributed by atoms with Gasteiger partial charge in [0, 0.05) is 24.2 Å². The summed E-state index contributed by atoms with van der Waals surface area (Å²) in [5.41, 5.74) is 0.950. The number of aromatic nitrogens is 1. The molecule has 3 aromatic rings. The Hall–Kier alpha value is -2.78. The van der Waals surface area contributed by atoms with Crippen LogP contribution in [0.25, 0.3) is 0 Å². The molecule has 0 saturated heterocycles. The van der Waals surface area contributed by atoms with Crippen LogP contribution >= 0.6 is 11.3 Å². The fourth-order valence-electron chi connectivity index (χ4n) is 3.37. The van der Waals surface area contributed by atoms with Crippen molar-refractivity contribution >= 4 is 17.2 Å². The summed E-state index contributed by atoms with van der Waals surface area (Å²) in [7, 11) is 1.55. The molecular weight excluding hydrogens is 442 g/mol. The molecule has 0 bridgehead atoms. The van der Waals surface area contributed by atoms with E-state index in [1.807, 2.05) is 17.5 Å². The fraction of sp³-hybridized carbons (Fsp3) is 0.304. The number of amides is 1. The van der Waals surface area contributed by atoms with Crippen molar-refractivity contribution in [2.24, 2.45) is 0 Å². The van der Waals surface area contributed by atoms with E-state index in [1.54, 1.807) is 26.1 Å². The van der Waals surface area contributed by atoms with Crippen LogP contribution < -0.4 is 10.6 Å². The second kappa shape index (κ2) is 10.2. The highest BCUT2D eigenvalue weighted by Crippen LogP contribution is 2.29. The molecule has 4 nitrogen and oxygen atoms in total. The van der Waals surface area contributed by atoms with Gasteiger partial charge in [0.25, 0.3) is 0 Å². The standard InChI is InChI=1S/C23H23F4N3OS/c1-14-12-16(7-8-17(14)24)18(30-21(22(31)28-2)19-4-3-11-32-19)9-5-15-6-10-20(29-13-15)23(25,26)27/h3-4,6-8,10-13,18,21,30H,5,9H2,1-2H3,(H,28,31)/t18-,21+/m1/s1. The summed E-state index contributed by atoms with van der Waals surface area (Å²) in [5, 5.41) is 7.88. The SMILES string of the molecule is CNC(=O)[C@@H](N[C@H](CCc1ccc(C(F)(F)F)nc1)c1ccc(F)c(C)c1)c1cccs1. The van der Waals surface area contributed by atoms with Crippen molar-refractivity contribution < 1.29 is 22.4 Å². The van der Waals surface area contributed by atoms with Crippen molar-refractivity contribution in [3.05, 3.63) is 87.1 Å². The predicted octanol–water partition coefficient (Wildman–Crippen LogP) is 5.36. The zero-order valence-electron chi connectivity index (χ0n) is 17.5. The summed E-state index contributed by atoms with van der Waals surface area (Å²) in [6, 6.07) is 9.83. The summed E-state index contributed by atoms with van der Waals surface area (Å²) in [6.45, 7) is 1.66. The van der Waals surface area contributed by atoms with Crippen LogP contribution in [0, 0.1) is 12.7 Å². The van der Waals surface area contributed by atoms with Gasteiger partial charge in [-0.3, -0.25) is 15.1 Å². The molecule has 0 aliphatic rings. The van der Waals surface area contributed by atoms with Crippen LogP contribution in [-0.2, 0) is 17.4 Å². The lowest BCUT2D eigenvalue weighted by Crippen LogP contribution is -2.37. The van der Waals surface area contributed by atoms with Crippen LogP contribution in [0.1, 0.15) is 45.8 Å². The van der Waals surface area contributed by atoms with E-state index in [0.717, 1.165) is 16.5 Å². The minimum absolute atomic E-state index is 0.215. The maximum Gasteiger partial charge on any atom is 0.433 e. The molecule has 32 heavy (non-hydrogen) atoms. The van der Waals surface area contributed by atoms with E-state index in [4.69, 9.17) is 0 Å². The number of likely N-dealkylation sites (N-methyl/N-ethyl adjacent to an activating group) is 1. The molecule has 2 N–H and O–H groups in total. The zero-order chi connectivity index (χ0) is 23.3. The van der Waals surface area contributed by atoms with Crippen molar-refractivity contribution in [3.8, 4) is 0 Å². The van der Waals surface area contributed by atoms with Gasteiger partial charge in [0.05, 0.1) is 0 Å². The number of halogens is 4. The summed E-state index contributed by atoms with van der Waals surface area (Å²) in [4.78, 5) is 16.9. The largest absolute Gasteiger partial charge is 0.433 e. The first kappa shape index (κ1) is 23.9. The van der Waals surface area contributed by atoms with Crippen LogP contribution in [0.2, 0.25) is 0 Å². The number of carbonyl (C=O) groups is 1. The van der Waals surface area contributed by atoms with Gasteiger partial charge in [-0.2, -0.15) is 13.2 Å². The van der Waals surface area contributed by atoms with Crippen molar-refractivity contribution in [3.63, 3.8) is 0 Å². The third-order valence-corrected chi connectivity index (χ3v) is 6.06. The van der Waals surface area contributed by atoms with E-state index in [9.17, 15) is 22.4 Å². The molecule has 1 amide bonds. The van der Waals surface area contributed by atoms with Gasteiger partial charge in [-0.15, -0.1) is 11.3 Å². The fourth-order valence-corrected chi connectivity index (χ4v) is 4.15. The van der Waals surface area contributed by atoms with Crippen LogP contribution in [0.15, 0.2) is 54.0 Å². The number of hydrogen-bond donors (Lipinski definition) is 2. The maximum absolute atomic E-state index is 13.8. The van der Waals surface area contributed by atoms with E-state index >= 15 is 0 Å². The molecular formula is C23H23F4N3OS. The molecule has 3 rings (SSSR count). The Morgan fingerprint density at radius 1 is 1.19 bits per heavy atom. The highest BCUT2D eigenvalue weighted by atomic mass is 32.1. The Balaban J connectivity index is 1.85. The Bertz CT molecular complexity index is 1040. The highest BCUT2D eigenvalue weighted by Gasteiger charge is 2.32. The first-order chi connectivity index (χ1) is 15.2. The van der Waals surface area contributed by atoms with E-state index < -0.39 is 17.9 Å². The summed E-state index contributed by atoms with van der Waals surface area (Å²) < 4.78 is 52.2. The third kappa shape index (κ3) is 5.92. The number of nitrogens with zero attached hydrogens (tertiary/aromatic N) is 1. The topological polar surface area (TPSA) is 54.0 Å². The van der Waals surface area contributed by atoms with Gasteiger partial charge in [-0.1, -0.05) is 24.3 Å². The molecule has 9 heteroatoms. The summed E-state index contributed by atoms with van der Waals surface area (Å²) >= 11 is 1.44. The van der Waals surface area contributed by atoms with E-state index in [2.05, 4.69) is 15.6 Å². The monoisotopic (exact) mass is 465 g/mol. The smallest absolute Gasteiger partial charge is 0.357 e. The quantitative estimate of drug-likeness (QED) is 0.441.